The van der Waals surface area contributed by atoms with Crippen LogP contribution in [0.3, 0.4) is 0 Å². The summed E-state index contributed by atoms with van der Waals surface area (Å²) in [5, 5.41) is 31.9. The van der Waals surface area contributed by atoms with E-state index in [1.54, 1.807) is 36.4 Å². The van der Waals surface area contributed by atoms with E-state index in [2.05, 4.69) is 20.9 Å². The topological polar surface area (TPSA) is 140 Å². The first kappa shape index (κ1) is 28.6. The Morgan fingerprint density at radius 2 is 1.95 bits per heavy atom. The van der Waals surface area contributed by atoms with Crippen LogP contribution in [-0.2, 0) is 33.5 Å². The van der Waals surface area contributed by atoms with Crippen LogP contribution in [0, 0.1) is 18.2 Å². The number of carboxylic acids is 1. The highest BCUT2D eigenvalue weighted by atomic mass is 35.5. The number of aliphatic hydroxyl groups excluding tert-OH is 1. The van der Waals surface area contributed by atoms with Gasteiger partial charge < -0.3 is 24.8 Å². The number of hydrogen-bond donors (Lipinski definition) is 3. The molecular weight excluding hydrogens is 555 g/mol. The largest absolute Gasteiger partial charge is 0.479 e. The Morgan fingerprint density at radius 1 is 1.20 bits per heavy atom. The van der Waals surface area contributed by atoms with Crippen LogP contribution < -0.4 is 0 Å². The zero-order valence-electron chi connectivity index (χ0n) is 21.6. The number of terminal acetylenes is 1. The van der Waals surface area contributed by atoms with Gasteiger partial charge in [-0.15, -0.1) is 6.42 Å². The lowest BCUT2D eigenvalue weighted by molar-refractivity contribution is -0.156. The number of aliphatic carboxylic acids is 1. The summed E-state index contributed by atoms with van der Waals surface area (Å²) in [6, 6.07) is 15.1. The maximum Gasteiger partial charge on any atom is 0.333 e. The van der Waals surface area contributed by atoms with Crippen LogP contribution in [0.5, 0.6) is 0 Å². The number of hydrogen-bond acceptors (Lipinski definition) is 8. The lowest BCUT2D eigenvalue weighted by Crippen LogP contribution is -2.48. The molecule has 5 atom stereocenters. The standard InChI is InChI=1S/C29H26ClFN4O6/c1-2-29(39)22(15-40-21(27(37)38)14-17-7-4-3-5-8-17)41-26(24(29)36)35-16-32-23-20(33-28(30)34-25(23)35)12-11-18-9-6-10-19(31)13-18/h1,3-10,13,16,21-22,24,26,36,39H,11-12,14-15H2,(H,37,38)/t21?,22-,24+,26-,29-/m1/s1. The van der Waals surface area contributed by atoms with Crippen molar-refractivity contribution in [3.63, 3.8) is 0 Å². The Bertz CT molecular complexity index is 1600. The zero-order valence-corrected chi connectivity index (χ0v) is 22.4. The van der Waals surface area contributed by atoms with Gasteiger partial charge in [0.05, 0.1) is 18.6 Å². The summed E-state index contributed by atoms with van der Waals surface area (Å²) in [4.78, 5) is 24.8. The van der Waals surface area contributed by atoms with E-state index in [0.29, 0.717) is 24.1 Å². The number of aromatic nitrogens is 4. The number of nitrogens with zero attached hydrogens (tertiary/aromatic N) is 4. The third kappa shape index (κ3) is 5.93. The second-order valence-corrected chi connectivity index (χ2v) is 10.0. The molecular formula is C29H26ClFN4O6. The van der Waals surface area contributed by atoms with Crippen LogP contribution in [-0.4, -0.2) is 71.3 Å². The molecule has 5 rings (SSSR count). The Morgan fingerprint density at radius 3 is 2.66 bits per heavy atom. The Kier molecular flexibility index (Phi) is 8.30. The van der Waals surface area contributed by atoms with E-state index < -0.39 is 42.7 Å². The summed E-state index contributed by atoms with van der Waals surface area (Å²) in [5.74, 6) is 0.628. The number of fused-ring (bicyclic) bond motifs is 1. The first-order valence-corrected chi connectivity index (χ1v) is 13.1. The minimum Gasteiger partial charge on any atom is -0.479 e. The molecule has 41 heavy (non-hydrogen) atoms. The van der Waals surface area contributed by atoms with Gasteiger partial charge in [0.1, 0.15) is 23.5 Å². The molecule has 0 amide bonds. The van der Waals surface area contributed by atoms with Gasteiger partial charge >= 0.3 is 5.97 Å². The molecule has 1 fully saturated rings. The lowest BCUT2D eigenvalue weighted by Gasteiger charge is -2.26. The van der Waals surface area contributed by atoms with E-state index >= 15 is 0 Å². The number of aryl methyl sites for hydroxylation is 2. The van der Waals surface area contributed by atoms with Crippen molar-refractivity contribution in [2.75, 3.05) is 6.61 Å². The highest BCUT2D eigenvalue weighted by molar-refractivity contribution is 6.28. The Balaban J connectivity index is 1.37. The van der Waals surface area contributed by atoms with E-state index in [1.165, 1.54) is 23.0 Å². The minimum absolute atomic E-state index is 0.0728. The van der Waals surface area contributed by atoms with Gasteiger partial charge in [-0.05, 0) is 47.7 Å². The molecule has 1 aliphatic heterocycles. The molecule has 10 nitrogen and oxygen atoms in total. The summed E-state index contributed by atoms with van der Waals surface area (Å²) in [6.07, 6.45) is 2.42. The number of ether oxygens (including phenoxy) is 2. The van der Waals surface area contributed by atoms with E-state index in [0.717, 1.165) is 11.1 Å². The molecule has 1 aliphatic rings. The van der Waals surface area contributed by atoms with Gasteiger partial charge in [-0.2, -0.15) is 4.98 Å². The first-order valence-electron chi connectivity index (χ1n) is 12.7. The number of halogens is 2. The van der Waals surface area contributed by atoms with Crippen molar-refractivity contribution >= 4 is 28.7 Å². The van der Waals surface area contributed by atoms with Crippen molar-refractivity contribution in [3.05, 3.63) is 88.8 Å². The molecule has 2 aromatic heterocycles. The molecule has 212 valence electrons. The fourth-order valence-corrected chi connectivity index (χ4v) is 5.01. The van der Waals surface area contributed by atoms with E-state index in [1.807, 2.05) is 6.07 Å². The van der Waals surface area contributed by atoms with Crippen molar-refractivity contribution in [1.82, 2.24) is 19.5 Å². The molecule has 3 heterocycles. The van der Waals surface area contributed by atoms with Gasteiger partial charge in [0.2, 0.25) is 5.28 Å². The van der Waals surface area contributed by atoms with Crippen LogP contribution in [0.4, 0.5) is 4.39 Å². The van der Waals surface area contributed by atoms with E-state index in [4.69, 9.17) is 27.5 Å². The number of carbonyl (C=O) groups is 1. The highest BCUT2D eigenvalue weighted by Crippen LogP contribution is 2.39. The maximum absolute atomic E-state index is 13.6. The molecule has 12 heteroatoms. The first-order chi connectivity index (χ1) is 19.7. The molecule has 3 N–H and O–H groups in total. The van der Waals surface area contributed by atoms with Crippen molar-refractivity contribution < 1.29 is 34.0 Å². The molecule has 1 unspecified atom stereocenters. The van der Waals surface area contributed by atoms with Gasteiger partial charge in [-0.3, -0.25) is 4.57 Å². The fourth-order valence-electron chi connectivity index (χ4n) is 4.83. The van der Waals surface area contributed by atoms with Gasteiger partial charge in [-0.1, -0.05) is 48.4 Å². The van der Waals surface area contributed by atoms with Gasteiger partial charge in [0.15, 0.2) is 23.6 Å². The highest BCUT2D eigenvalue weighted by Gasteiger charge is 2.56. The predicted octanol–water partition coefficient (Wildman–Crippen LogP) is 2.74. The van der Waals surface area contributed by atoms with Crippen LogP contribution in [0.25, 0.3) is 11.2 Å². The quantitative estimate of drug-likeness (QED) is 0.191. The second-order valence-electron chi connectivity index (χ2n) is 9.67. The van der Waals surface area contributed by atoms with E-state index in [9.17, 15) is 24.5 Å². The molecule has 1 saturated heterocycles. The zero-order chi connectivity index (χ0) is 29.1. The van der Waals surface area contributed by atoms with Crippen molar-refractivity contribution in [2.45, 2.75) is 49.4 Å². The SMILES string of the molecule is C#C[C@@]1(O)[C@@H](COC(Cc2ccccc2)C(=O)O)O[C@@H](n2cnc3c(CCc4cccc(F)c4)nc(Cl)nc32)[C@@H]1O. The van der Waals surface area contributed by atoms with Crippen LogP contribution in [0.15, 0.2) is 60.9 Å². The number of rotatable bonds is 10. The Labute approximate surface area is 239 Å². The molecule has 0 spiro atoms. The van der Waals surface area contributed by atoms with Crippen LogP contribution in [0.2, 0.25) is 5.28 Å². The third-order valence-electron chi connectivity index (χ3n) is 7.01. The fraction of sp³-hybridized carbons (Fsp3) is 0.310. The number of aliphatic hydroxyl groups is 2. The maximum atomic E-state index is 13.6. The minimum atomic E-state index is -2.21. The van der Waals surface area contributed by atoms with Crippen LogP contribution in [0.1, 0.15) is 23.0 Å². The number of carboxylic acid groups (broad SMARTS) is 1. The van der Waals surface area contributed by atoms with Crippen molar-refractivity contribution in [2.24, 2.45) is 0 Å². The summed E-state index contributed by atoms with van der Waals surface area (Å²) in [5.41, 5.74) is 0.375. The van der Waals surface area contributed by atoms with Gasteiger partial charge in [0, 0.05) is 6.42 Å². The lowest BCUT2D eigenvalue weighted by atomic mass is 9.93. The van der Waals surface area contributed by atoms with Crippen LogP contribution >= 0.6 is 11.6 Å². The van der Waals surface area contributed by atoms with Gasteiger partial charge in [0.25, 0.3) is 0 Å². The molecule has 0 aliphatic carbocycles. The molecule has 0 bridgehead atoms. The summed E-state index contributed by atoms with van der Waals surface area (Å²) < 4.78 is 26.6. The molecule has 4 aromatic rings. The Hall–Kier alpha value is -3.92. The summed E-state index contributed by atoms with van der Waals surface area (Å²) in [7, 11) is 0. The van der Waals surface area contributed by atoms with Gasteiger partial charge in [-0.25, -0.2) is 19.2 Å². The smallest absolute Gasteiger partial charge is 0.333 e. The third-order valence-corrected chi connectivity index (χ3v) is 7.18. The molecule has 2 aromatic carbocycles. The monoisotopic (exact) mass is 580 g/mol. The number of benzene rings is 2. The number of imidazole rings is 1. The van der Waals surface area contributed by atoms with E-state index in [-0.39, 0.29) is 23.2 Å². The average molecular weight is 581 g/mol. The van der Waals surface area contributed by atoms with Crippen molar-refractivity contribution in [1.29, 1.82) is 0 Å². The second kappa shape index (κ2) is 11.9. The molecule has 0 radical (unpaired) electrons. The normalized spacial score (nSPS) is 23.0. The average Bonchev–Trinajstić information content (AvgIpc) is 3.48. The summed E-state index contributed by atoms with van der Waals surface area (Å²) in [6.45, 7) is -0.417. The predicted molar refractivity (Wildman–Crippen MR) is 145 cm³/mol. The summed E-state index contributed by atoms with van der Waals surface area (Å²) >= 11 is 6.21. The molecule has 0 saturated carbocycles. The van der Waals surface area contributed by atoms with Crippen molar-refractivity contribution in [3.8, 4) is 12.3 Å².